The lowest BCUT2D eigenvalue weighted by atomic mass is 9.98. The van der Waals surface area contributed by atoms with E-state index >= 15 is 0 Å². The van der Waals surface area contributed by atoms with Crippen molar-refractivity contribution in [3.8, 4) is 11.1 Å². The first-order valence-corrected chi connectivity index (χ1v) is 12.3. The lowest BCUT2D eigenvalue weighted by Crippen LogP contribution is -2.53. The van der Waals surface area contributed by atoms with Crippen molar-refractivity contribution >= 4 is 18.0 Å². The van der Waals surface area contributed by atoms with E-state index in [0.717, 1.165) is 54.6 Å². The summed E-state index contributed by atoms with van der Waals surface area (Å²) in [5, 5.41) is 12.0. The second-order valence-corrected chi connectivity index (χ2v) is 9.80. The van der Waals surface area contributed by atoms with Gasteiger partial charge in [0.15, 0.2) is 0 Å². The van der Waals surface area contributed by atoms with E-state index in [2.05, 4.69) is 22.3 Å². The molecule has 3 atom stereocenters. The Labute approximate surface area is 204 Å². The smallest absolute Gasteiger partial charge is 0.407 e. The zero-order valence-corrected chi connectivity index (χ0v) is 19.9. The number of aliphatic carboxylic acids is 1. The van der Waals surface area contributed by atoms with E-state index < -0.39 is 24.5 Å². The quantitative estimate of drug-likeness (QED) is 0.664. The van der Waals surface area contributed by atoms with Crippen LogP contribution in [-0.4, -0.2) is 77.7 Å². The van der Waals surface area contributed by atoms with Crippen LogP contribution < -0.4 is 5.32 Å². The molecule has 0 radical (unpaired) electrons. The predicted molar refractivity (Wildman–Crippen MR) is 130 cm³/mol. The van der Waals surface area contributed by atoms with Gasteiger partial charge < -0.3 is 25.0 Å². The van der Waals surface area contributed by atoms with Crippen LogP contribution in [0.3, 0.4) is 0 Å². The molecule has 2 aromatic rings. The number of likely N-dealkylation sites (tertiary alicyclic amines) is 1. The highest BCUT2D eigenvalue weighted by Crippen LogP contribution is 2.44. The summed E-state index contributed by atoms with van der Waals surface area (Å²) < 4.78 is 5.58. The number of likely N-dealkylation sites (N-methyl/N-ethyl adjacent to an activating group) is 1. The van der Waals surface area contributed by atoms with Gasteiger partial charge in [0.2, 0.25) is 5.91 Å². The number of nitrogens with zero attached hydrogens (tertiary/aromatic N) is 2. The van der Waals surface area contributed by atoms with E-state index in [4.69, 9.17) is 4.74 Å². The van der Waals surface area contributed by atoms with E-state index in [0.29, 0.717) is 0 Å². The van der Waals surface area contributed by atoms with Crippen LogP contribution in [0.25, 0.3) is 11.1 Å². The molecule has 0 saturated carbocycles. The number of carbonyl (C=O) groups excluding carboxylic acids is 2. The number of ether oxygens (including phenoxy) is 1. The largest absolute Gasteiger partial charge is 0.481 e. The first-order chi connectivity index (χ1) is 16.9. The van der Waals surface area contributed by atoms with Crippen LogP contribution in [0.2, 0.25) is 0 Å². The number of carboxylic acid groups (broad SMARTS) is 1. The molecular formula is C27H31N3O5. The Morgan fingerprint density at radius 2 is 1.63 bits per heavy atom. The third kappa shape index (κ3) is 4.62. The van der Waals surface area contributed by atoms with Crippen molar-refractivity contribution in [3.63, 3.8) is 0 Å². The van der Waals surface area contributed by atoms with Crippen LogP contribution in [0.15, 0.2) is 48.5 Å². The van der Waals surface area contributed by atoms with Gasteiger partial charge in [0.05, 0.1) is 6.42 Å². The van der Waals surface area contributed by atoms with Crippen LogP contribution in [0.5, 0.6) is 0 Å². The molecule has 2 aliphatic heterocycles. The molecule has 2 aromatic carbocycles. The molecule has 2 fully saturated rings. The van der Waals surface area contributed by atoms with Crippen LogP contribution in [0, 0.1) is 0 Å². The topological polar surface area (TPSA) is 99.2 Å². The highest BCUT2D eigenvalue weighted by Gasteiger charge is 2.42. The summed E-state index contributed by atoms with van der Waals surface area (Å²) in [6.45, 7) is 1.76. The molecule has 5 rings (SSSR count). The molecule has 184 valence electrons. The van der Waals surface area contributed by atoms with Crippen molar-refractivity contribution in [2.24, 2.45) is 0 Å². The summed E-state index contributed by atoms with van der Waals surface area (Å²) >= 11 is 0. The standard InChI is InChI=1S/C27H31N3O5/c1-29-13-12-17-10-11-18(15-29)30(17)26(33)24(14-25(31)32)28-27(34)35-16-23-21-8-4-2-6-19(21)20-7-3-5-9-22(20)23/h2-9,17-18,23-24H,10-16H2,1H3,(H,28,34)(H,31,32). The zero-order chi connectivity index (χ0) is 24.5. The summed E-state index contributed by atoms with van der Waals surface area (Å²) in [4.78, 5) is 41.8. The lowest BCUT2D eigenvalue weighted by molar-refractivity contribution is -0.143. The van der Waals surface area contributed by atoms with Crippen LogP contribution in [-0.2, 0) is 14.3 Å². The van der Waals surface area contributed by atoms with Gasteiger partial charge in [-0.05, 0) is 55.1 Å². The molecule has 2 amide bonds. The zero-order valence-electron chi connectivity index (χ0n) is 19.9. The van der Waals surface area contributed by atoms with Gasteiger partial charge in [-0.1, -0.05) is 48.5 Å². The molecule has 8 heteroatoms. The predicted octanol–water partition coefficient (Wildman–Crippen LogP) is 3.06. The van der Waals surface area contributed by atoms with Gasteiger partial charge >= 0.3 is 12.1 Å². The number of fused-ring (bicyclic) bond motifs is 5. The molecule has 3 unspecified atom stereocenters. The highest BCUT2D eigenvalue weighted by molar-refractivity contribution is 5.90. The summed E-state index contributed by atoms with van der Waals surface area (Å²) in [6, 6.07) is 15.1. The molecule has 2 heterocycles. The van der Waals surface area contributed by atoms with E-state index in [1.54, 1.807) is 0 Å². The van der Waals surface area contributed by atoms with Crippen molar-refractivity contribution in [2.45, 2.75) is 49.7 Å². The van der Waals surface area contributed by atoms with Crippen LogP contribution >= 0.6 is 0 Å². The first-order valence-electron chi connectivity index (χ1n) is 12.3. The number of alkyl carbamates (subject to hydrolysis) is 1. The van der Waals surface area contributed by atoms with Crippen molar-refractivity contribution in [2.75, 3.05) is 26.7 Å². The van der Waals surface area contributed by atoms with Crippen molar-refractivity contribution in [1.82, 2.24) is 15.1 Å². The van der Waals surface area contributed by atoms with Crippen LogP contribution in [0.1, 0.15) is 42.7 Å². The maximum atomic E-state index is 13.5. The van der Waals surface area contributed by atoms with Gasteiger partial charge in [-0.2, -0.15) is 0 Å². The van der Waals surface area contributed by atoms with Gasteiger partial charge in [0.25, 0.3) is 0 Å². The Morgan fingerprint density at radius 3 is 2.29 bits per heavy atom. The number of benzene rings is 2. The third-order valence-corrected chi connectivity index (χ3v) is 7.55. The molecule has 1 aliphatic carbocycles. The first kappa shape index (κ1) is 23.4. The van der Waals surface area contributed by atoms with E-state index in [9.17, 15) is 19.5 Å². The monoisotopic (exact) mass is 477 g/mol. The maximum absolute atomic E-state index is 13.5. The number of carbonyl (C=O) groups is 3. The Morgan fingerprint density at radius 1 is 1.00 bits per heavy atom. The van der Waals surface area contributed by atoms with Gasteiger partial charge in [-0.25, -0.2) is 4.79 Å². The maximum Gasteiger partial charge on any atom is 0.407 e. The Kier molecular flexibility index (Phi) is 6.47. The molecule has 2 saturated heterocycles. The number of rotatable bonds is 6. The third-order valence-electron chi connectivity index (χ3n) is 7.55. The summed E-state index contributed by atoms with van der Waals surface area (Å²) in [5.41, 5.74) is 4.42. The Bertz CT molecular complexity index is 1090. The van der Waals surface area contributed by atoms with E-state index in [1.165, 1.54) is 0 Å². The minimum Gasteiger partial charge on any atom is -0.481 e. The van der Waals surface area contributed by atoms with Gasteiger partial charge in [0.1, 0.15) is 12.6 Å². The number of nitrogens with one attached hydrogen (secondary N) is 1. The summed E-state index contributed by atoms with van der Waals surface area (Å²) in [7, 11) is 2.03. The molecule has 3 aliphatic rings. The summed E-state index contributed by atoms with van der Waals surface area (Å²) in [5.74, 6) is -1.58. The second kappa shape index (κ2) is 9.70. The van der Waals surface area contributed by atoms with Crippen molar-refractivity contribution in [3.05, 3.63) is 59.7 Å². The molecule has 8 nitrogen and oxygen atoms in total. The highest BCUT2D eigenvalue weighted by atomic mass is 16.5. The van der Waals surface area contributed by atoms with Gasteiger partial charge in [-0.3, -0.25) is 9.59 Å². The summed E-state index contributed by atoms with van der Waals surface area (Å²) in [6.07, 6.45) is 1.41. The van der Waals surface area contributed by atoms with Crippen LogP contribution in [0.4, 0.5) is 4.79 Å². The minimum absolute atomic E-state index is 0.0422. The number of amides is 2. The average molecular weight is 478 g/mol. The van der Waals surface area contributed by atoms with Crippen molar-refractivity contribution < 1.29 is 24.2 Å². The molecule has 2 N–H and O–H groups in total. The molecule has 2 bridgehead atoms. The van der Waals surface area contributed by atoms with Gasteiger partial charge in [-0.15, -0.1) is 0 Å². The lowest BCUT2D eigenvalue weighted by Gasteiger charge is -2.31. The average Bonchev–Trinajstić information content (AvgIpc) is 3.33. The number of hydrogen-bond acceptors (Lipinski definition) is 5. The van der Waals surface area contributed by atoms with Gasteiger partial charge in [0, 0.05) is 24.5 Å². The minimum atomic E-state index is -1.16. The Balaban J connectivity index is 1.28. The Hall–Kier alpha value is -3.39. The number of hydrogen-bond donors (Lipinski definition) is 2. The molecule has 35 heavy (non-hydrogen) atoms. The fourth-order valence-corrected chi connectivity index (χ4v) is 5.94. The second-order valence-electron chi connectivity index (χ2n) is 9.80. The van der Waals surface area contributed by atoms with Crippen molar-refractivity contribution in [1.29, 1.82) is 0 Å². The number of carboxylic acids is 1. The SMILES string of the molecule is CN1CCC2CCC(C1)N2C(=O)C(CC(=O)O)NC(=O)OCC1c2ccccc2-c2ccccc21. The fourth-order valence-electron chi connectivity index (χ4n) is 5.94. The molecular weight excluding hydrogens is 446 g/mol. The normalized spacial score (nSPS) is 22.1. The fraction of sp³-hybridized carbons (Fsp3) is 0.444. The van der Waals surface area contributed by atoms with E-state index in [1.807, 2.05) is 48.3 Å². The van der Waals surface area contributed by atoms with E-state index in [-0.39, 0.29) is 30.5 Å². The molecule has 0 spiro atoms. The molecule has 0 aromatic heterocycles.